The molecule has 0 unspecified atom stereocenters. The van der Waals surface area contributed by atoms with E-state index in [0.717, 1.165) is 35.8 Å². The molecule has 2 heterocycles. The van der Waals surface area contributed by atoms with Crippen molar-refractivity contribution in [3.8, 4) is 0 Å². The highest BCUT2D eigenvalue weighted by Gasteiger charge is 2.19. The number of halogens is 1. The first-order chi connectivity index (χ1) is 9.86. The van der Waals surface area contributed by atoms with E-state index in [1.54, 1.807) is 0 Å². The average molecular weight is 312 g/mol. The number of aromatic nitrogens is 4. The van der Waals surface area contributed by atoms with Gasteiger partial charge >= 0.3 is 0 Å². The summed E-state index contributed by atoms with van der Waals surface area (Å²) in [5.74, 6) is 1.35. The third-order valence-corrected chi connectivity index (χ3v) is 4.24. The van der Waals surface area contributed by atoms with Crippen LogP contribution in [0.1, 0.15) is 39.2 Å². The van der Waals surface area contributed by atoms with Crippen molar-refractivity contribution in [3.05, 3.63) is 11.5 Å². The van der Waals surface area contributed by atoms with Gasteiger partial charge in [-0.15, -0.1) is 11.6 Å². The van der Waals surface area contributed by atoms with Crippen LogP contribution < -0.4 is 0 Å². The fourth-order valence-corrected chi connectivity index (χ4v) is 3.25. The molecule has 0 atom stereocenters. The Morgan fingerprint density at radius 2 is 1.81 bits per heavy atom. The second kappa shape index (κ2) is 6.36. The Kier molecular flexibility index (Phi) is 4.94. The second-order valence-corrected chi connectivity index (χ2v) is 6.39. The van der Waals surface area contributed by atoms with Gasteiger partial charge in [-0.25, -0.2) is 4.98 Å². The van der Waals surface area contributed by atoms with Crippen molar-refractivity contribution in [2.45, 2.75) is 59.1 Å². The highest BCUT2D eigenvalue weighted by Crippen LogP contribution is 2.20. The maximum absolute atomic E-state index is 6.08. The van der Waals surface area contributed by atoms with Gasteiger partial charge in [-0.2, -0.15) is 5.10 Å². The lowest BCUT2D eigenvalue weighted by atomic mass is 10.2. The molecule has 0 saturated carbocycles. The molecule has 118 valence electrons. The number of hydrogen-bond donors (Lipinski definition) is 0. The Morgan fingerprint density at radius 3 is 2.33 bits per heavy atom. The topological polar surface area (TPSA) is 38.9 Å². The molecule has 2 aromatic rings. The summed E-state index contributed by atoms with van der Waals surface area (Å²) in [6.45, 7) is 12.8. The van der Waals surface area contributed by atoms with E-state index in [4.69, 9.17) is 11.6 Å². The number of rotatable bonds is 6. The van der Waals surface area contributed by atoms with Crippen molar-refractivity contribution in [1.29, 1.82) is 0 Å². The molecule has 0 saturated heterocycles. The van der Waals surface area contributed by atoms with Gasteiger partial charge in [-0.1, -0.05) is 0 Å². The van der Waals surface area contributed by atoms with Crippen LogP contribution in [0.4, 0.5) is 0 Å². The normalized spacial score (nSPS) is 12.5. The SMILES string of the molecule is Cc1nn(C)c2c1nc(CCl)n2CCN(C(C)C)C(C)C. The van der Waals surface area contributed by atoms with Crippen molar-refractivity contribution >= 4 is 22.8 Å². The zero-order chi connectivity index (χ0) is 15.7. The summed E-state index contributed by atoms with van der Waals surface area (Å²) in [7, 11) is 1.97. The maximum atomic E-state index is 6.08. The van der Waals surface area contributed by atoms with Crippen LogP contribution in [0.15, 0.2) is 0 Å². The number of nitrogens with zero attached hydrogens (tertiary/aromatic N) is 5. The molecular weight excluding hydrogens is 286 g/mol. The lowest BCUT2D eigenvalue weighted by Gasteiger charge is -2.30. The molecule has 0 spiro atoms. The van der Waals surface area contributed by atoms with Gasteiger partial charge in [0.2, 0.25) is 0 Å². The third kappa shape index (κ3) is 3.09. The van der Waals surface area contributed by atoms with Crippen molar-refractivity contribution in [2.24, 2.45) is 7.05 Å². The third-order valence-electron chi connectivity index (χ3n) is 4.00. The molecule has 0 radical (unpaired) electrons. The van der Waals surface area contributed by atoms with Gasteiger partial charge in [0.05, 0.1) is 11.6 Å². The Balaban J connectivity index is 2.32. The summed E-state index contributed by atoms with van der Waals surface area (Å²) in [4.78, 5) is 7.13. The van der Waals surface area contributed by atoms with Gasteiger partial charge in [-0.3, -0.25) is 9.58 Å². The van der Waals surface area contributed by atoms with Crippen LogP contribution in [-0.2, 0) is 19.5 Å². The van der Waals surface area contributed by atoms with Crippen molar-refractivity contribution < 1.29 is 0 Å². The van der Waals surface area contributed by atoms with Crippen LogP contribution >= 0.6 is 11.6 Å². The average Bonchev–Trinajstić information content (AvgIpc) is 2.88. The van der Waals surface area contributed by atoms with Crippen LogP contribution in [0.2, 0.25) is 0 Å². The smallest absolute Gasteiger partial charge is 0.158 e. The Bertz CT molecular complexity index is 603. The molecule has 6 heteroatoms. The molecule has 21 heavy (non-hydrogen) atoms. The minimum Gasteiger partial charge on any atom is -0.311 e. The summed E-state index contributed by atoms with van der Waals surface area (Å²) in [5, 5.41) is 4.46. The predicted molar refractivity (Wildman–Crippen MR) is 87.8 cm³/mol. The molecule has 2 rings (SSSR count). The van der Waals surface area contributed by atoms with E-state index in [2.05, 4.69) is 47.2 Å². The summed E-state index contributed by atoms with van der Waals surface area (Å²) < 4.78 is 4.11. The molecule has 0 aromatic carbocycles. The van der Waals surface area contributed by atoms with Gasteiger partial charge in [0.1, 0.15) is 11.3 Å². The van der Waals surface area contributed by atoms with E-state index in [9.17, 15) is 0 Å². The maximum Gasteiger partial charge on any atom is 0.158 e. The monoisotopic (exact) mass is 311 g/mol. The molecule has 0 bridgehead atoms. The Hall–Kier alpha value is -1.07. The zero-order valence-electron chi connectivity index (χ0n) is 13.9. The van der Waals surface area contributed by atoms with Gasteiger partial charge in [0.15, 0.2) is 5.65 Å². The van der Waals surface area contributed by atoms with Gasteiger partial charge < -0.3 is 4.57 Å². The summed E-state index contributed by atoms with van der Waals surface area (Å²) in [6.07, 6.45) is 0. The molecule has 5 nitrogen and oxygen atoms in total. The van der Waals surface area contributed by atoms with Crippen molar-refractivity contribution in [3.63, 3.8) is 0 Å². The van der Waals surface area contributed by atoms with E-state index in [1.807, 2.05) is 18.7 Å². The van der Waals surface area contributed by atoms with Gasteiger partial charge in [0, 0.05) is 32.2 Å². The Labute approximate surface area is 131 Å². The molecule has 0 aliphatic rings. The van der Waals surface area contributed by atoms with Crippen molar-refractivity contribution in [1.82, 2.24) is 24.2 Å². The Morgan fingerprint density at radius 1 is 1.19 bits per heavy atom. The molecule has 0 fully saturated rings. The number of fused-ring (bicyclic) bond motifs is 1. The van der Waals surface area contributed by atoms with Crippen LogP contribution in [0.5, 0.6) is 0 Å². The first-order valence-electron chi connectivity index (χ1n) is 7.57. The fraction of sp³-hybridized carbons (Fsp3) is 0.733. The van der Waals surface area contributed by atoms with Crippen LogP contribution in [-0.4, -0.2) is 42.9 Å². The second-order valence-electron chi connectivity index (χ2n) is 6.12. The van der Waals surface area contributed by atoms with E-state index in [-0.39, 0.29) is 0 Å². The van der Waals surface area contributed by atoms with Gasteiger partial charge in [-0.05, 0) is 34.6 Å². The molecule has 0 amide bonds. The highest BCUT2D eigenvalue weighted by atomic mass is 35.5. The number of hydrogen-bond acceptors (Lipinski definition) is 3. The predicted octanol–water partition coefficient (Wildman–Crippen LogP) is 2.94. The molecule has 0 aliphatic carbocycles. The van der Waals surface area contributed by atoms with Crippen LogP contribution in [0, 0.1) is 6.92 Å². The van der Waals surface area contributed by atoms with Gasteiger partial charge in [0.25, 0.3) is 0 Å². The molecule has 0 aliphatic heterocycles. The minimum atomic E-state index is 0.428. The summed E-state index contributed by atoms with van der Waals surface area (Å²) >= 11 is 6.08. The van der Waals surface area contributed by atoms with Crippen LogP contribution in [0.25, 0.3) is 11.2 Å². The first kappa shape index (κ1) is 16.3. The largest absolute Gasteiger partial charge is 0.311 e. The number of aryl methyl sites for hydroxylation is 2. The van der Waals surface area contributed by atoms with E-state index >= 15 is 0 Å². The lowest BCUT2D eigenvalue weighted by Crippen LogP contribution is -2.39. The quantitative estimate of drug-likeness (QED) is 0.770. The highest BCUT2D eigenvalue weighted by molar-refractivity contribution is 6.16. The molecular formula is C15H26ClN5. The minimum absolute atomic E-state index is 0.428. The number of imidazole rings is 1. The van der Waals surface area contributed by atoms with E-state index in [1.165, 1.54) is 0 Å². The molecule has 2 aromatic heterocycles. The zero-order valence-corrected chi connectivity index (χ0v) is 14.6. The standard InChI is InChI=1S/C15H26ClN5/c1-10(2)20(11(3)4)7-8-21-13(9-16)17-14-12(5)18-19(6)15(14)21/h10-11H,7-9H2,1-6H3. The van der Waals surface area contributed by atoms with E-state index < -0.39 is 0 Å². The molecule has 0 N–H and O–H groups in total. The summed E-state index contributed by atoms with van der Waals surface area (Å²) in [5.41, 5.74) is 2.99. The lowest BCUT2D eigenvalue weighted by molar-refractivity contribution is 0.168. The first-order valence-corrected chi connectivity index (χ1v) is 8.10. The van der Waals surface area contributed by atoms with Crippen molar-refractivity contribution in [2.75, 3.05) is 6.54 Å². The van der Waals surface area contributed by atoms with Crippen LogP contribution in [0.3, 0.4) is 0 Å². The van der Waals surface area contributed by atoms with E-state index in [0.29, 0.717) is 18.0 Å². The summed E-state index contributed by atoms with van der Waals surface area (Å²) in [6, 6.07) is 1.05. The fourth-order valence-electron chi connectivity index (χ4n) is 3.05. The number of alkyl halides is 1.